The van der Waals surface area contributed by atoms with Crippen molar-refractivity contribution in [1.29, 1.82) is 0 Å². The predicted octanol–water partition coefficient (Wildman–Crippen LogP) is 0.963. The molecule has 2 aromatic rings. The maximum absolute atomic E-state index is 13.1. The quantitative estimate of drug-likeness (QED) is 0.0387. The van der Waals surface area contributed by atoms with Crippen molar-refractivity contribution in [2.45, 2.75) is 94.4 Å². The van der Waals surface area contributed by atoms with E-state index >= 15 is 0 Å². The van der Waals surface area contributed by atoms with Crippen molar-refractivity contribution >= 4 is 71.2 Å². The number of thioether (sulfide) groups is 1. The Morgan fingerprint density at radius 1 is 0.726 bits per heavy atom. The fraction of sp³-hybridized carbons (Fsp3) is 0.571. The number of carbonyl (C=O) groups excluding carboxylic acids is 5. The number of fused-ring (bicyclic) bond motifs is 1. The largest absolute Gasteiger partial charge is 0.488 e. The molecule has 1 saturated heterocycles. The minimum Gasteiger partial charge on any atom is -0.423 e. The average Bonchev–Trinajstić information content (AvgIpc) is 3.81. The van der Waals surface area contributed by atoms with Crippen molar-refractivity contribution in [1.82, 2.24) is 21.3 Å². The van der Waals surface area contributed by atoms with Crippen LogP contribution in [0.5, 0.6) is 0 Å². The molecule has 0 bridgehead atoms. The monoisotopic (exact) mass is 881 g/mol. The van der Waals surface area contributed by atoms with Crippen molar-refractivity contribution in [3.05, 3.63) is 53.6 Å². The fourth-order valence-electron chi connectivity index (χ4n) is 6.96. The minimum absolute atomic E-state index is 0.0356. The molecule has 18 nitrogen and oxygen atoms in total. The van der Waals surface area contributed by atoms with E-state index < -0.39 is 13.0 Å². The van der Waals surface area contributed by atoms with Crippen LogP contribution in [0.3, 0.4) is 0 Å². The Morgan fingerprint density at radius 2 is 1.34 bits per heavy atom. The van der Waals surface area contributed by atoms with Crippen LogP contribution in [0.4, 0.5) is 11.4 Å². The number of aliphatic imine (C=N–C) groups is 1. The minimum atomic E-state index is -1.66. The first-order chi connectivity index (χ1) is 30.0. The summed E-state index contributed by atoms with van der Waals surface area (Å²) in [4.78, 5) is 67.9. The summed E-state index contributed by atoms with van der Waals surface area (Å²) in [5.74, 6) is 0.361. The number of amides is 5. The van der Waals surface area contributed by atoms with E-state index in [0.717, 1.165) is 50.7 Å². The second-order valence-electron chi connectivity index (χ2n) is 15.3. The zero-order valence-corrected chi connectivity index (χ0v) is 36.3. The van der Waals surface area contributed by atoms with E-state index in [2.05, 4.69) is 36.9 Å². The lowest BCUT2D eigenvalue weighted by molar-refractivity contribution is -0.121. The number of benzene rings is 2. The number of nitrogens with two attached hydrogens (primary N) is 2. The number of anilines is 2. The molecule has 12 N–H and O–H groups in total. The lowest BCUT2D eigenvalue weighted by Crippen LogP contribution is -2.38. The molecule has 2 aliphatic rings. The second kappa shape index (κ2) is 28.1. The van der Waals surface area contributed by atoms with Gasteiger partial charge in [-0.15, -0.1) is 0 Å². The van der Waals surface area contributed by atoms with Crippen LogP contribution in [-0.4, -0.2) is 128 Å². The number of hydrogen-bond donors (Lipinski definition) is 10. The van der Waals surface area contributed by atoms with Crippen molar-refractivity contribution in [2.24, 2.45) is 16.5 Å². The third-order valence-electron chi connectivity index (χ3n) is 10.2. The van der Waals surface area contributed by atoms with Crippen molar-refractivity contribution < 1.29 is 43.5 Å². The molecule has 5 amide bonds. The number of hydrogen-bond acceptors (Lipinski definition) is 14. The van der Waals surface area contributed by atoms with Gasteiger partial charge in [-0.2, -0.15) is 11.8 Å². The van der Waals surface area contributed by atoms with Crippen LogP contribution in [0.25, 0.3) is 0 Å². The predicted molar refractivity (Wildman–Crippen MR) is 242 cm³/mol. The first-order valence-electron chi connectivity index (χ1n) is 21.6. The Morgan fingerprint density at radius 3 is 1.98 bits per heavy atom. The lowest BCUT2D eigenvalue weighted by atomic mass is 9.79. The van der Waals surface area contributed by atoms with Gasteiger partial charge in [0.05, 0.1) is 38.5 Å². The van der Waals surface area contributed by atoms with Gasteiger partial charge in [-0.25, -0.2) is 4.99 Å². The topological polar surface area (TPSA) is 281 Å². The van der Waals surface area contributed by atoms with E-state index in [1.165, 1.54) is 12.1 Å². The molecule has 340 valence electrons. The molecule has 0 aliphatic carbocycles. The lowest BCUT2D eigenvalue weighted by Gasteiger charge is -2.14. The van der Waals surface area contributed by atoms with Gasteiger partial charge in [-0.3, -0.25) is 24.0 Å². The number of guanidine groups is 1. The van der Waals surface area contributed by atoms with E-state index in [-0.39, 0.29) is 86.6 Å². The smallest absolute Gasteiger partial charge is 0.423 e. The summed E-state index contributed by atoms with van der Waals surface area (Å²) in [6.07, 6.45) is 8.29. The highest BCUT2D eigenvalue weighted by atomic mass is 32.2. The molecule has 0 unspecified atom stereocenters. The molecule has 2 aliphatic heterocycles. The Balaban J connectivity index is 1.10. The molecule has 62 heavy (non-hydrogen) atoms. The number of ether oxygens (including phenoxy) is 2. The third-order valence-corrected chi connectivity index (χ3v) is 11.7. The van der Waals surface area contributed by atoms with Crippen LogP contribution in [0.1, 0.15) is 97.8 Å². The summed E-state index contributed by atoms with van der Waals surface area (Å²) in [6, 6.07) is 11.3. The molecule has 3 atom stereocenters. The highest BCUT2D eigenvalue weighted by molar-refractivity contribution is 8.00. The van der Waals surface area contributed by atoms with Gasteiger partial charge in [0.1, 0.15) is 0 Å². The third kappa shape index (κ3) is 18.7. The molecule has 0 aromatic heterocycles. The summed E-state index contributed by atoms with van der Waals surface area (Å²) in [5, 5.41) is 36.4. The summed E-state index contributed by atoms with van der Waals surface area (Å²) in [6.45, 7) is 2.50. The molecule has 4 rings (SSSR count). The maximum Gasteiger partial charge on any atom is 0.488 e. The van der Waals surface area contributed by atoms with Gasteiger partial charge in [0, 0.05) is 72.4 Å². The number of rotatable bonds is 30. The summed E-state index contributed by atoms with van der Waals surface area (Å²) >= 11 is 1.92. The number of nitrogens with one attached hydrogen (secondary N) is 6. The molecule has 2 aromatic carbocycles. The van der Waals surface area contributed by atoms with Gasteiger partial charge in [0.25, 0.3) is 11.8 Å². The van der Waals surface area contributed by atoms with Gasteiger partial charge >= 0.3 is 7.12 Å². The molecule has 20 heteroatoms. The van der Waals surface area contributed by atoms with E-state index in [1.54, 1.807) is 30.3 Å². The molecular formula is C42H64BN9O9S. The summed E-state index contributed by atoms with van der Waals surface area (Å²) in [7, 11) is -1.66. The highest BCUT2D eigenvalue weighted by Gasteiger charge is 2.40. The molecule has 2 heterocycles. The van der Waals surface area contributed by atoms with Gasteiger partial charge in [-0.05, 0) is 80.9 Å². The van der Waals surface area contributed by atoms with Crippen LogP contribution in [-0.2, 0) is 23.9 Å². The van der Waals surface area contributed by atoms with Crippen LogP contribution in [0.2, 0.25) is 0 Å². The van der Waals surface area contributed by atoms with Crippen molar-refractivity contribution in [3.8, 4) is 0 Å². The number of unbranched alkanes of at least 4 members (excludes halogenated alkanes) is 5. The van der Waals surface area contributed by atoms with E-state index in [4.69, 9.17) is 20.9 Å². The van der Waals surface area contributed by atoms with E-state index in [9.17, 15) is 34.0 Å². The SMILES string of the molecule is NCCCCCC(=O)Nc1cc(NC(=O)CCCCCNC(=O)CCCC[C@@H]2SC[C@@H]3NC(N)=N[C@@H]32)cc(C(=O)NCCOCCOCCNC(=O)c2cccc(B(O)O)c2)c1. The molecule has 0 radical (unpaired) electrons. The van der Waals surface area contributed by atoms with E-state index in [0.29, 0.717) is 73.0 Å². The fourth-order valence-corrected chi connectivity index (χ4v) is 8.47. The van der Waals surface area contributed by atoms with Crippen molar-refractivity contribution in [3.63, 3.8) is 0 Å². The van der Waals surface area contributed by atoms with Gasteiger partial charge in [0.2, 0.25) is 17.7 Å². The molecule has 0 saturated carbocycles. The standard InChI is InChI=1S/C42H64BN9O9S/c44-16-7-1-3-14-37(54)49-32-25-30(41(57)48-19-21-61-23-22-60-20-18-47-40(56)29-10-9-11-31(24-29)43(58)59)26-33(27-32)50-38(55)15-4-2-8-17-46-36(53)13-6-5-12-35-39-34(28-62-35)51-42(45)52-39/h9-11,24-27,34-35,39,58-59H,1-8,12-23,28,44H2,(H,46,53)(H,47,56)(H,48,57)(H,49,54)(H,50,55)(H3,45,51,52)/t34-,35-,39-/m0/s1. The zero-order chi connectivity index (χ0) is 44.5. The number of nitrogens with zero attached hydrogens (tertiary/aromatic N) is 1. The molecular weight excluding hydrogens is 817 g/mol. The van der Waals surface area contributed by atoms with Gasteiger partial charge in [0.15, 0.2) is 5.96 Å². The van der Waals surface area contributed by atoms with Crippen LogP contribution < -0.4 is 48.8 Å². The first-order valence-corrected chi connectivity index (χ1v) is 22.7. The van der Waals surface area contributed by atoms with Crippen LogP contribution in [0.15, 0.2) is 47.5 Å². The highest BCUT2D eigenvalue weighted by Crippen LogP contribution is 2.35. The Bertz CT molecular complexity index is 1790. The number of carbonyl (C=O) groups is 5. The summed E-state index contributed by atoms with van der Waals surface area (Å²) < 4.78 is 11.0. The Hall–Kier alpha value is -4.73. The zero-order valence-electron chi connectivity index (χ0n) is 35.5. The molecule has 1 fully saturated rings. The molecule has 0 spiro atoms. The van der Waals surface area contributed by atoms with Crippen LogP contribution in [0, 0.1) is 0 Å². The first kappa shape index (κ1) is 49.9. The summed E-state index contributed by atoms with van der Waals surface area (Å²) in [5.41, 5.74) is 12.9. The van der Waals surface area contributed by atoms with Crippen LogP contribution >= 0.6 is 11.8 Å². The average molecular weight is 882 g/mol. The normalized spacial score (nSPS) is 16.4. The second-order valence-corrected chi connectivity index (χ2v) is 16.5. The van der Waals surface area contributed by atoms with Crippen molar-refractivity contribution in [2.75, 3.05) is 69.0 Å². The Labute approximate surface area is 368 Å². The van der Waals surface area contributed by atoms with Gasteiger partial charge in [-0.1, -0.05) is 31.4 Å². The van der Waals surface area contributed by atoms with Gasteiger partial charge < -0.3 is 62.9 Å². The maximum atomic E-state index is 13.1. The Kier molecular flexibility index (Phi) is 22.6. The van der Waals surface area contributed by atoms with E-state index in [1.807, 2.05) is 11.8 Å².